The van der Waals surface area contributed by atoms with Crippen molar-refractivity contribution in [3.05, 3.63) is 70.6 Å². The van der Waals surface area contributed by atoms with Gasteiger partial charge in [0, 0.05) is 17.5 Å². The first-order valence-corrected chi connectivity index (χ1v) is 10.1. The molecule has 0 aliphatic rings. The van der Waals surface area contributed by atoms with Gasteiger partial charge in [-0.25, -0.2) is 0 Å². The predicted octanol–water partition coefficient (Wildman–Crippen LogP) is 3.74. The number of hydrogen-bond donors (Lipinski definition) is 1. The third-order valence-electron chi connectivity index (χ3n) is 4.18. The van der Waals surface area contributed by atoms with Crippen molar-refractivity contribution in [2.45, 2.75) is 45.8 Å². The van der Waals surface area contributed by atoms with Gasteiger partial charge in [-0.3, -0.25) is 9.59 Å². The Morgan fingerprint density at radius 3 is 2.48 bits per heavy atom. The Bertz CT molecular complexity index is 945. The largest absolute Gasteiger partial charge is 0.467 e. The molecule has 152 valence electrons. The molecule has 0 spiro atoms. The fourth-order valence-electron chi connectivity index (χ4n) is 2.88. The van der Waals surface area contributed by atoms with Crippen LogP contribution in [0.25, 0.3) is 0 Å². The smallest absolute Gasteiger partial charge is 0.276 e. The summed E-state index contributed by atoms with van der Waals surface area (Å²) in [5, 5.41) is 8.44. The summed E-state index contributed by atoms with van der Waals surface area (Å²) < 4.78 is 9.34. The van der Waals surface area contributed by atoms with E-state index in [0.29, 0.717) is 5.76 Å². The summed E-state index contributed by atoms with van der Waals surface area (Å²) in [5.74, 6) is -0.323. The molecule has 3 aromatic rings. The monoisotopic (exact) mass is 412 g/mol. The molecule has 0 saturated carbocycles. The van der Waals surface area contributed by atoms with Crippen LogP contribution in [0.4, 0.5) is 0 Å². The van der Waals surface area contributed by atoms with Crippen LogP contribution in [-0.2, 0) is 11.3 Å². The maximum atomic E-state index is 13.3. The third-order valence-corrected chi connectivity index (χ3v) is 4.69. The van der Waals surface area contributed by atoms with Crippen LogP contribution in [0, 0.1) is 6.92 Å². The number of aryl methyl sites for hydroxylation is 1. The van der Waals surface area contributed by atoms with Gasteiger partial charge >= 0.3 is 0 Å². The Kier molecular flexibility index (Phi) is 6.12. The lowest BCUT2D eigenvalue weighted by molar-refractivity contribution is -0.128. The van der Waals surface area contributed by atoms with Gasteiger partial charge in [0.1, 0.15) is 5.76 Å². The SMILES string of the molecule is Cc1ccc(CN(C(=O)c2csnn2)C(C(=O)NC(C)(C)C)c2ccco2)cc1. The fourth-order valence-corrected chi connectivity index (χ4v) is 3.31. The zero-order chi connectivity index (χ0) is 21.0. The minimum Gasteiger partial charge on any atom is -0.467 e. The van der Waals surface area contributed by atoms with Crippen molar-refractivity contribution < 1.29 is 14.0 Å². The molecular weight excluding hydrogens is 388 g/mol. The number of nitrogens with zero attached hydrogens (tertiary/aromatic N) is 3. The molecule has 0 aliphatic carbocycles. The molecule has 29 heavy (non-hydrogen) atoms. The molecule has 1 aromatic carbocycles. The van der Waals surface area contributed by atoms with Crippen LogP contribution < -0.4 is 5.32 Å². The fraction of sp³-hybridized carbons (Fsp3) is 0.333. The van der Waals surface area contributed by atoms with Gasteiger partial charge in [0.05, 0.1) is 6.26 Å². The Labute approximate surface area is 173 Å². The third kappa shape index (κ3) is 5.29. The molecule has 2 heterocycles. The highest BCUT2D eigenvalue weighted by Crippen LogP contribution is 2.27. The molecule has 0 bridgehead atoms. The lowest BCUT2D eigenvalue weighted by Gasteiger charge is -2.32. The quantitative estimate of drug-likeness (QED) is 0.666. The first kappa shape index (κ1) is 20.7. The van der Waals surface area contributed by atoms with Crippen LogP contribution >= 0.6 is 11.5 Å². The number of nitrogens with one attached hydrogen (secondary N) is 1. The van der Waals surface area contributed by atoms with Gasteiger partial charge in [-0.15, -0.1) is 5.10 Å². The minimum absolute atomic E-state index is 0.197. The van der Waals surface area contributed by atoms with Gasteiger partial charge in [-0.2, -0.15) is 0 Å². The van der Waals surface area contributed by atoms with Crippen LogP contribution in [0.1, 0.15) is 54.2 Å². The van der Waals surface area contributed by atoms with E-state index in [2.05, 4.69) is 14.9 Å². The zero-order valence-corrected chi connectivity index (χ0v) is 17.7. The second-order valence-electron chi connectivity index (χ2n) is 7.87. The summed E-state index contributed by atoms with van der Waals surface area (Å²) in [6.45, 7) is 7.89. The number of carbonyl (C=O) groups excluding carboxylic acids is 2. The maximum Gasteiger partial charge on any atom is 0.276 e. The average Bonchev–Trinajstić information content (AvgIpc) is 3.35. The molecule has 2 aromatic heterocycles. The molecule has 7 nitrogen and oxygen atoms in total. The van der Waals surface area contributed by atoms with E-state index in [1.807, 2.05) is 52.0 Å². The van der Waals surface area contributed by atoms with E-state index in [-0.39, 0.29) is 24.1 Å². The van der Waals surface area contributed by atoms with Crippen molar-refractivity contribution in [3.8, 4) is 0 Å². The molecule has 0 fully saturated rings. The Morgan fingerprint density at radius 1 is 1.21 bits per heavy atom. The lowest BCUT2D eigenvalue weighted by Crippen LogP contribution is -2.49. The molecule has 0 radical (unpaired) electrons. The second-order valence-corrected chi connectivity index (χ2v) is 8.48. The van der Waals surface area contributed by atoms with Gasteiger partial charge in [-0.1, -0.05) is 34.3 Å². The molecule has 1 N–H and O–H groups in total. The number of rotatable bonds is 6. The highest BCUT2D eigenvalue weighted by atomic mass is 32.1. The van der Waals surface area contributed by atoms with Crippen molar-refractivity contribution in [1.29, 1.82) is 0 Å². The van der Waals surface area contributed by atoms with Crippen LogP contribution in [0.5, 0.6) is 0 Å². The molecular formula is C21H24N4O3S. The van der Waals surface area contributed by atoms with E-state index < -0.39 is 11.6 Å². The summed E-state index contributed by atoms with van der Waals surface area (Å²) in [4.78, 5) is 28.0. The number of aromatic nitrogens is 2. The number of furan rings is 1. The summed E-state index contributed by atoms with van der Waals surface area (Å²) in [5.41, 5.74) is 1.74. The van der Waals surface area contributed by atoms with E-state index >= 15 is 0 Å². The molecule has 3 rings (SSSR count). The van der Waals surface area contributed by atoms with Crippen LogP contribution in [0.2, 0.25) is 0 Å². The Morgan fingerprint density at radius 2 is 1.93 bits per heavy atom. The minimum atomic E-state index is -0.945. The van der Waals surface area contributed by atoms with E-state index in [0.717, 1.165) is 22.7 Å². The normalized spacial score (nSPS) is 12.4. The van der Waals surface area contributed by atoms with E-state index in [1.54, 1.807) is 17.5 Å². The summed E-state index contributed by atoms with van der Waals surface area (Å²) in [7, 11) is 0. The van der Waals surface area contributed by atoms with Crippen LogP contribution in [-0.4, -0.2) is 31.8 Å². The van der Waals surface area contributed by atoms with Crippen molar-refractivity contribution in [2.24, 2.45) is 0 Å². The number of benzene rings is 1. The summed E-state index contributed by atoms with van der Waals surface area (Å²) in [6.07, 6.45) is 1.49. The zero-order valence-electron chi connectivity index (χ0n) is 16.9. The number of amides is 2. The van der Waals surface area contributed by atoms with Crippen molar-refractivity contribution in [3.63, 3.8) is 0 Å². The summed E-state index contributed by atoms with van der Waals surface area (Å²) >= 11 is 1.09. The van der Waals surface area contributed by atoms with Crippen molar-refractivity contribution in [2.75, 3.05) is 0 Å². The Balaban J connectivity index is 2.02. The maximum absolute atomic E-state index is 13.3. The van der Waals surface area contributed by atoms with E-state index in [9.17, 15) is 9.59 Å². The molecule has 0 saturated heterocycles. The first-order valence-electron chi connectivity index (χ1n) is 9.23. The molecule has 1 unspecified atom stereocenters. The van der Waals surface area contributed by atoms with Crippen molar-refractivity contribution in [1.82, 2.24) is 19.8 Å². The average molecular weight is 413 g/mol. The Hall–Kier alpha value is -3.00. The molecule has 8 heteroatoms. The molecule has 0 aliphatic heterocycles. The second kappa shape index (κ2) is 8.57. The predicted molar refractivity (Wildman–Crippen MR) is 110 cm³/mol. The summed E-state index contributed by atoms with van der Waals surface area (Å²) in [6, 6.07) is 10.3. The number of carbonyl (C=O) groups is 2. The van der Waals surface area contributed by atoms with Gasteiger partial charge in [-0.05, 0) is 56.9 Å². The lowest BCUT2D eigenvalue weighted by atomic mass is 10.0. The van der Waals surface area contributed by atoms with Gasteiger partial charge < -0.3 is 14.6 Å². The van der Waals surface area contributed by atoms with Crippen molar-refractivity contribution >= 4 is 23.3 Å². The van der Waals surface area contributed by atoms with Crippen LogP contribution in [0.3, 0.4) is 0 Å². The highest BCUT2D eigenvalue weighted by Gasteiger charge is 2.36. The van der Waals surface area contributed by atoms with Crippen LogP contribution in [0.15, 0.2) is 52.5 Å². The van der Waals surface area contributed by atoms with E-state index in [4.69, 9.17) is 4.42 Å². The van der Waals surface area contributed by atoms with E-state index in [1.165, 1.54) is 11.2 Å². The van der Waals surface area contributed by atoms with Gasteiger partial charge in [0.25, 0.3) is 11.8 Å². The number of hydrogen-bond acceptors (Lipinski definition) is 6. The standard InChI is InChI=1S/C21H24N4O3S/c1-14-7-9-15(10-8-14)12-25(20(27)16-13-29-24-23-16)18(17-6-5-11-28-17)19(26)22-21(2,3)4/h5-11,13,18H,12H2,1-4H3,(H,22,26). The first-order chi connectivity index (χ1) is 13.7. The molecule has 1 atom stereocenters. The van der Waals surface area contributed by atoms with Gasteiger partial charge in [0.15, 0.2) is 11.7 Å². The molecule has 2 amide bonds. The highest BCUT2D eigenvalue weighted by molar-refractivity contribution is 7.03. The van der Waals surface area contributed by atoms with Gasteiger partial charge in [0.2, 0.25) is 0 Å². The topological polar surface area (TPSA) is 88.3 Å².